The van der Waals surface area contributed by atoms with Crippen molar-refractivity contribution in [3.63, 3.8) is 0 Å². The molecule has 3 atom stereocenters. The maximum absolute atomic E-state index is 4.18. The van der Waals surface area contributed by atoms with Crippen molar-refractivity contribution in [1.82, 2.24) is 10.3 Å². The fourth-order valence-corrected chi connectivity index (χ4v) is 2.94. The Morgan fingerprint density at radius 1 is 1.50 bits per heavy atom. The molecule has 0 bridgehead atoms. The summed E-state index contributed by atoms with van der Waals surface area (Å²) in [5.41, 5.74) is 2.82. The predicted molar refractivity (Wildman–Crippen MR) is 76.3 cm³/mol. The van der Waals surface area contributed by atoms with E-state index < -0.39 is 0 Å². The fourth-order valence-electron chi connectivity index (χ4n) is 2.94. The standard InChI is InChI=1S/C16H24N2/c1-12-7-13(2)9-15(8-12)10-18-14(3)16-5-4-6-17-11-16/h4-7,11-12,14-15,18H,8-10H2,1-3H3/t12?,14-,15?/m1/s1. The van der Waals surface area contributed by atoms with E-state index in [0.29, 0.717) is 6.04 Å². The maximum atomic E-state index is 4.18. The van der Waals surface area contributed by atoms with Crippen LogP contribution in [-0.2, 0) is 0 Å². The summed E-state index contributed by atoms with van der Waals surface area (Å²) in [5, 5.41) is 3.64. The van der Waals surface area contributed by atoms with E-state index in [2.05, 4.69) is 43.2 Å². The van der Waals surface area contributed by atoms with Crippen LogP contribution in [0.3, 0.4) is 0 Å². The van der Waals surface area contributed by atoms with E-state index in [9.17, 15) is 0 Å². The molecule has 1 aromatic rings. The highest BCUT2D eigenvalue weighted by Gasteiger charge is 2.18. The van der Waals surface area contributed by atoms with Crippen LogP contribution in [0.4, 0.5) is 0 Å². The zero-order valence-electron chi connectivity index (χ0n) is 11.7. The van der Waals surface area contributed by atoms with Crippen LogP contribution < -0.4 is 5.32 Å². The first-order valence-electron chi connectivity index (χ1n) is 6.95. The average molecular weight is 244 g/mol. The van der Waals surface area contributed by atoms with E-state index in [1.54, 1.807) is 5.57 Å². The van der Waals surface area contributed by atoms with Crippen LogP contribution in [0.25, 0.3) is 0 Å². The topological polar surface area (TPSA) is 24.9 Å². The van der Waals surface area contributed by atoms with Crippen LogP contribution in [0.15, 0.2) is 36.2 Å². The van der Waals surface area contributed by atoms with Gasteiger partial charge in [-0.15, -0.1) is 0 Å². The Morgan fingerprint density at radius 2 is 2.33 bits per heavy atom. The summed E-state index contributed by atoms with van der Waals surface area (Å²) in [6.45, 7) is 7.89. The molecule has 1 heterocycles. The third kappa shape index (κ3) is 3.67. The Morgan fingerprint density at radius 3 is 3.00 bits per heavy atom. The van der Waals surface area contributed by atoms with Crippen molar-refractivity contribution < 1.29 is 0 Å². The Kier molecular flexibility index (Phi) is 4.54. The van der Waals surface area contributed by atoms with Crippen molar-refractivity contribution in [2.75, 3.05) is 6.54 Å². The zero-order valence-corrected chi connectivity index (χ0v) is 11.7. The highest BCUT2D eigenvalue weighted by molar-refractivity contribution is 5.13. The molecule has 0 aliphatic heterocycles. The summed E-state index contributed by atoms with van der Waals surface area (Å²) in [5.74, 6) is 1.52. The van der Waals surface area contributed by atoms with E-state index in [0.717, 1.165) is 18.4 Å². The van der Waals surface area contributed by atoms with Crippen LogP contribution in [0.5, 0.6) is 0 Å². The highest BCUT2D eigenvalue weighted by Crippen LogP contribution is 2.27. The molecule has 1 aliphatic carbocycles. The number of rotatable bonds is 4. The largest absolute Gasteiger partial charge is 0.310 e. The van der Waals surface area contributed by atoms with Gasteiger partial charge in [0, 0.05) is 18.4 Å². The van der Waals surface area contributed by atoms with Crippen molar-refractivity contribution in [2.45, 2.75) is 39.7 Å². The molecular weight excluding hydrogens is 220 g/mol. The maximum Gasteiger partial charge on any atom is 0.0315 e. The first-order valence-corrected chi connectivity index (χ1v) is 6.95. The lowest BCUT2D eigenvalue weighted by molar-refractivity contribution is 0.366. The van der Waals surface area contributed by atoms with Crippen molar-refractivity contribution in [1.29, 1.82) is 0 Å². The van der Waals surface area contributed by atoms with Gasteiger partial charge in [-0.05, 0) is 56.7 Å². The third-order valence-electron chi connectivity index (χ3n) is 3.78. The molecule has 98 valence electrons. The van der Waals surface area contributed by atoms with Crippen molar-refractivity contribution >= 4 is 0 Å². The van der Waals surface area contributed by atoms with Crippen LogP contribution in [0.2, 0.25) is 0 Å². The lowest BCUT2D eigenvalue weighted by Gasteiger charge is -2.27. The molecule has 0 saturated heterocycles. The SMILES string of the molecule is CC1=CC(C)CC(CN[C@H](C)c2cccnc2)C1. The molecule has 0 aromatic carbocycles. The van der Waals surface area contributed by atoms with Crippen LogP contribution >= 0.6 is 0 Å². The van der Waals surface area contributed by atoms with E-state index >= 15 is 0 Å². The van der Waals surface area contributed by atoms with Gasteiger partial charge in [0.25, 0.3) is 0 Å². The minimum absolute atomic E-state index is 0.389. The summed E-state index contributed by atoms with van der Waals surface area (Å²) >= 11 is 0. The van der Waals surface area contributed by atoms with Gasteiger partial charge in [-0.25, -0.2) is 0 Å². The van der Waals surface area contributed by atoms with Gasteiger partial charge in [0.05, 0.1) is 0 Å². The molecule has 2 rings (SSSR count). The predicted octanol–water partition coefficient (Wildman–Crippen LogP) is 3.72. The first kappa shape index (κ1) is 13.3. The molecule has 2 unspecified atom stereocenters. The summed E-state index contributed by atoms with van der Waals surface area (Å²) in [7, 11) is 0. The molecular formula is C16H24N2. The van der Waals surface area contributed by atoms with Gasteiger partial charge < -0.3 is 5.32 Å². The number of aromatic nitrogens is 1. The second-order valence-corrected chi connectivity index (χ2v) is 5.71. The number of pyridine rings is 1. The molecule has 18 heavy (non-hydrogen) atoms. The summed E-state index contributed by atoms with van der Waals surface area (Å²) in [6, 6.07) is 4.53. The molecule has 0 radical (unpaired) electrons. The molecule has 2 heteroatoms. The lowest BCUT2D eigenvalue weighted by Crippen LogP contribution is -2.28. The molecule has 0 saturated carbocycles. The van der Waals surface area contributed by atoms with Gasteiger partial charge in [0.15, 0.2) is 0 Å². The molecule has 1 aromatic heterocycles. The van der Waals surface area contributed by atoms with E-state index in [1.807, 2.05) is 18.5 Å². The molecule has 0 spiro atoms. The monoisotopic (exact) mass is 244 g/mol. The molecule has 0 amide bonds. The van der Waals surface area contributed by atoms with E-state index in [1.165, 1.54) is 18.4 Å². The number of nitrogens with one attached hydrogen (secondary N) is 1. The van der Waals surface area contributed by atoms with Gasteiger partial charge in [-0.3, -0.25) is 4.98 Å². The quantitative estimate of drug-likeness (QED) is 0.816. The first-order chi connectivity index (χ1) is 8.65. The average Bonchev–Trinajstić information content (AvgIpc) is 2.36. The minimum atomic E-state index is 0.389. The number of hydrogen-bond acceptors (Lipinski definition) is 2. The fraction of sp³-hybridized carbons (Fsp3) is 0.562. The van der Waals surface area contributed by atoms with Crippen molar-refractivity contribution in [3.8, 4) is 0 Å². The van der Waals surface area contributed by atoms with Gasteiger partial charge in [0.2, 0.25) is 0 Å². The van der Waals surface area contributed by atoms with Crippen LogP contribution in [-0.4, -0.2) is 11.5 Å². The number of nitrogens with zero attached hydrogens (tertiary/aromatic N) is 1. The Balaban J connectivity index is 1.83. The van der Waals surface area contributed by atoms with E-state index in [-0.39, 0.29) is 0 Å². The van der Waals surface area contributed by atoms with Crippen LogP contribution in [0, 0.1) is 11.8 Å². The second kappa shape index (κ2) is 6.14. The van der Waals surface area contributed by atoms with E-state index in [4.69, 9.17) is 0 Å². The lowest BCUT2D eigenvalue weighted by atomic mass is 9.83. The summed E-state index contributed by atoms with van der Waals surface area (Å²) in [6.07, 6.45) is 8.75. The van der Waals surface area contributed by atoms with Gasteiger partial charge in [0.1, 0.15) is 0 Å². The van der Waals surface area contributed by atoms with Crippen LogP contribution in [0.1, 0.15) is 45.2 Å². The third-order valence-corrected chi connectivity index (χ3v) is 3.78. The minimum Gasteiger partial charge on any atom is -0.310 e. The smallest absolute Gasteiger partial charge is 0.0315 e. The van der Waals surface area contributed by atoms with Crippen molar-refractivity contribution in [2.24, 2.45) is 11.8 Å². The second-order valence-electron chi connectivity index (χ2n) is 5.71. The van der Waals surface area contributed by atoms with Crippen molar-refractivity contribution in [3.05, 3.63) is 41.7 Å². The molecule has 0 fully saturated rings. The Bertz CT molecular complexity index is 397. The Labute approximate surface area is 111 Å². The molecule has 1 aliphatic rings. The normalized spacial score (nSPS) is 25.6. The Hall–Kier alpha value is -1.15. The number of allylic oxidation sites excluding steroid dienone is 2. The van der Waals surface area contributed by atoms with Gasteiger partial charge >= 0.3 is 0 Å². The molecule has 2 nitrogen and oxygen atoms in total. The van der Waals surface area contributed by atoms with Gasteiger partial charge in [-0.2, -0.15) is 0 Å². The number of hydrogen-bond donors (Lipinski definition) is 1. The summed E-state index contributed by atoms with van der Waals surface area (Å²) < 4.78 is 0. The highest BCUT2D eigenvalue weighted by atomic mass is 14.9. The summed E-state index contributed by atoms with van der Waals surface area (Å²) in [4.78, 5) is 4.18. The zero-order chi connectivity index (χ0) is 13.0. The molecule has 1 N–H and O–H groups in total. The van der Waals surface area contributed by atoms with Gasteiger partial charge in [-0.1, -0.05) is 24.6 Å².